The number of amides is 1. The van der Waals surface area contributed by atoms with Gasteiger partial charge in [0, 0.05) is 18.3 Å². The summed E-state index contributed by atoms with van der Waals surface area (Å²) in [5.74, 6) is -0.568. The molecule has 0 spiro atoms. The quantitative estimate of drug-likeness (QED) is 0.825. The minimum Gasteiger partial charge on any atom is -0.351 e. The summed E-state index contributed by atoms with van der Waals surface area (Å²) in [6.07, 6.45) is -1.81. The van der Waals surface area contributed by atoms with Gasteiger partial charge in [-0.25, -0.2) is 0 Å². The fourth-order valence-corrected chi connectivity index (χ4v) is 1.11. The van der Waals surface area contributed by atoms with Crippen LogP contribution in [0.2, 0.25) is 0 Å². The van der Waals surface area contributed by atoms with Crippen LogP contribution in [-0.4, -0.2) is 27.7 Å². The second-order valence-electron chi connectivity index (χ2n) is 3.07. The van der Waals surface area contributed by atoms with Gasteiger partial charge in [0.1, 0.15) is 12.4 Å². The summed E-state index contributed by atoms with van der Waals surface area (Å²) in [6.45, 7) is -1.03. The fraction of sp³-hybridized carbons (Fsp3) is 0.500. The molecule has 0 fully saturated rings. The fourth-order valence-electron chi connectivity index (χ4n) is 1.02. The largest absolute Gasteiger partial charge is 0.408 e. The number of aromatic nitrogens is 2. The summed E-state index contributed by atoms with van der Waals surface area (Å²) in [5.41, 5.74) is 0.489. The SMILES string of the molecule is O=C(CCl)NCc1cnn(CC(F)(F)F)c1. The molecule has 0 aliphatic heterocycles. The van der Waals surface area contributed by atoms with Crippen molar-refractivity contribution in [3.05, 3.63) is 18.0 Å². The first-order valence-electron chi connectivity index (χ1n) is 4.31. The molecule has 0 aromatic carbocycles. The van der Waals surface area contributed by atoms with Gasteiger partial charge in [-0.05, 0) is 0 Å². The second kappa shape index (κ2) is 5.20. The molecule has 0 unspecified atom stereocenters. The van der Waals surface area contributed by atoms with Gasteiger partial charge >= 0.3 is 6.18 Å². The summed E-state index contributed by atoms with van der Waals surface area (Å²) < 4.78 is 36.7. The normalized spacial score (nSPS) is 11.5. The van der Waals surface area contributed by atoms with E-state index in [1.165, 1.54) is 12.4 Å². The predicted molar refractivity (Wildman–Crippen MR) is 50.8 cm³/mol. The summed E-state index contributed by atoms with van der Waals surface area (Å²) in [5, 5.41) is 5.94. The summed E-state index contributed by atoms with van der Waals surface area (Å²) >= 11 is 5.23. The van der Waals surface area contributed by atoms with Crippen LogP contribution in [0.25, 0.3) is 0 Å². The molecule has 0 atom stereocenters. The zero-order chi connectivity index (χ0) is 12.2. The number of hydrogen-bond acceptors (Lipinski definition) is 2. The van der Waals surface area contributed by atoms with Gasteiger partial charge in [0.2, 0.25) is 5.91 Å². The Hall–Kier alpha value is -1.24. The maximum Gasteiger partial charge on any atom is 0.408 e. The van der Waals surface area contributed by atoms with Crippen molar-refractivity contribution in [1.82, 2.24) is 15.1 Å². The van der Waals surface area contributed by atoms with Crippen LogP contribution in [-0.2, 0) is 17.9 Å². The third kappa shape index (κ3) is 4.52. The van der Waals surface area contributed by atoms with Crippen LogP contribution >= 0.6 is 11.6 Å². The molecule has 90 valence electrons. The lowest BCUT2D eigenvalue weighted by atomic mass is 10.3. The van der Waals surface area contributed by atoms with E-state index in [9.17, 15) is 18.0 Å². The predicted octanol–water partition coefficient (Wildman–Crippen LogP) is 1.30. The molecule has 1 aromatic rings. The van der Waals surface area contributed by atoms with E-state index in [1.807, 2.05) is 0 Å². The van der Waals surface area contributed by atoms with E-state index in [2.05, 4.69) is 10.4 Å². The third-order valence-electron chi connectivity index (χ3n) is 1.64. The maximum absolute atomic E-state index is 12.0. The molecule has 8 heteroatoms. The van der Waals surface area contributed by atoms with Crippen molar-refractivity contribution >= 4 is 17.5 Å². The van der Waals surface area contributed by atoms with Gasteiger partial charge in [-0.15, -0.1) is 11.6 Å². The van der Waals surface area contributed by atoms with E-state index in [-0.39, 0.29) is 18.3 Å². The number of halogens is 4. The number of alkyl halides is 4. The molecular weight excluding hydrogens is 247 g/mol. The number of hydrogen-bond donors (Lipinski definition) is 1. The van der Waals surface area contributed by atoms with E-state index in [4.69, 9.17) is 11.6 Å². The average Bonchev–Trinajstić information content (AvgIpc) is 2.59. The molecule has 4 nitrogen and oxygen atoms in total. The molecule has 0 radical (unpaired) electrons. The highest BCUT2D eigenvalue weighted by atomic mass is 35.5. The maximum atomic E-state index is 12.0. The van der Waals surface area contributed by atoms with Gasteiger partial charge in [-0.2, -0.15) is 18.3 Å². The monoisotopic (exact) mass is 255 g/mol. The standard InChI is InChI=1S/C8H9ClF3N3O/c9-1-7(16)13-2-6-3-14-15(4-6)5-8(10,11)12/h3-4H,1-2,5H2,(H,13,16). The van der Waals surface area contributed by atoms with Crippen LogP contribution in [0.4, 0.5) is 13.2 Å². The number of carbonyl (C=O) groups excluding carboxylic acids is 1. The third-order valence-corrected chi connectivity index (χ3v) is 1.88. The van der Waals surface area contributed by atoms with E-state index < -0.39 is 12.7 Å². The lowest BCUT2D eigenvalue weighted by molar-refractivity contribution is -0.142. The van der Waals surface area contributed by atoms with Gasteiger partial charge in [0.25, 0.3) is 0 Å². The molecule has 0 bridgehead atoms. The van der Waals surface area contributed by atoms with Crippen molar-refractivity contribution in [3.63, 3.8) is 0 Å². The van der Waals surface area contributed by atoms with E-state index in [0.717, 1.165) is 4.68 Å². The Labute approximate surface area is 94.4 Å². The second-order valence-corrected chi connectivity index (χ2v) is 3.34. The zero-order valence-corrected chi connectivity index (χ0v) is 8.85. The first-order chi connectivity index (χ1) is 7.40. The molecule has 1 aromatic heterocycles. The lowest BCUT2D eigenvalue weighted by Crippen LogP contribution is -2.23. The Balaban J connectivity index is 2.49. The average molecular weight is 256 g/mol. The van der Waals surface area contributed by atoms with Crippen LogP contribution in [0.1, 0.15) is 5.56 Å². The first kappa shape index (κ1) is 12.8. The van der Waals surface area contributed by atoms with Gasteiger partial charge in [-0.1, -0.05) is 0 Å². The van der Waals surface area contributed by atoms with E-state index in [1.54, 1.807) is 0 Å². The van der Waals surface area contributed by atoms with Gasteiger partial charge in [-0.3, -0.25) is 9.48 Å². The van der Waals surface area contributed by atoms with Crippen molar-refractivity contribution in [3.8, 4) is 0 Å². The van der Waals surface area contributed by atoms with Crippen molar-refractivity contribution in [1.29, 1.82) is 0 Å². The Kier molecular flexibility index (Phi) is 4.17. The summed E-state index contributed by atoms with van der Waals surface area (Å²) in [7, 11) is 0. The van der Waals surface area contributed by atoms with Crippen molar-refractivity contribution < 1.29 is 18.0 Å². The highest BCUT2D eigenvalue weighted by molar-refractivity contribution is 6.27. The van der Waals surface area contributed by atoms with E-state index in [0.29, 0.717) is 5.56 Å². The smallest absolute Gasteiger partial charge is 0.351 e. The van der Waals surface area contributed by atoms with E-state index >= 15 is 0 Å². The molecule has 1 rings (SSSR count). The van der Waals surface area contributed by atoms with Crippen LogP contribution in [0, 0.1) is 0 Å². The molecule has 1 amide bonds. The van der Waals surface area contributed by atoms with Crippen LogP contribution in [0.15, 0.2) is 12.4 Å². The van der Waals surface area contributed by atoms with Gasteiger partial charge in [0.15, 0.2) is 0 Å². The van der Waals surface area contributed by atoms with Gasteiger partial charge < -0.3 is 5.32 Å². The Morgan fingerprint density at radius 3 is 2.81 bits per heavy atom. The minimum atomic E-state index is -4.30. The Morgan fingerprint density at radius 1 is 1.56 bits per heavy atom. The molecule has 16 heavy (non-hydrogen) atoms. The molecule has 1 N–H and O–H groups in total. The van der Waals surface area contributed by atoms with Crippen LogP contribution in [0.5, 0.6) is 0 Å². The molecule has 0 aliphatic rings. The topological polar surface area (TPSA) is 46.9 Å². The highest BCUT2D eigenvalue weighted by Crippen LogP contribution is 2.16. The van der Waals surface area contributed by atoms with Crippen LogP contribution < -0.4 is 5.32 Å². The molecule has 0 saturated heterocycles. The summed E-state index contributed by atoms with van der Waals surface area (Å²) in [6, 6.07) is 0. The molecular formula is C8H9ClF3N3O. The highest BCUT2D eigenvalue weighted by Gasteiger charge is 2.28. The number of rotatable bonds is 4. The van der Waals surface area contributed by atoms with Crippen molar-refractivity contribution in [2.24, 2.45) is 0 Å². The molecule has 0 aliphatic carbocycles. The number of carbonyl (C=O) groups is 1. The van der Waals surface area contributed by atoms with Crippen molar-refractivity contribution in [2.75, 3.05) is 5.88 Å². The Morgan fingerprint density at radius 2 is 2.25 bits per heavy atom. The minimum absolute atomic E-state index is 0.114. The lowest BCUT2D eigenvalue weighted by Gasteiger charge is -2.05. The number of nitrogens with zero attached hydrogens (tertiary/aromatic N) is 2. The number of nitrogens with one attached hydrogen (secondary N) is 1. The zero-order valence-electron chi connectivity index (χ0n) is 8.09. The van der Waals surface area contributed by atoms with Gasteiger partial charge in [0.05, 0.1) is 6.20 Å². The summed E-state index contributed by atoms with van der Waals surface area (Å²) in [4.78, 5) is 10.8. The van der Waals surface area contributed by atoms with Crippen LogP contribution in [0.3, 0.4) is 0 Å². The molecule has 0 saturated carbocycles. The van der Waals surface area contributed by atoms with Crippen molar-refractivity contribution in [2.45, 2.75) is 19.3 Å². The first-order valence-corrected chi connectivity index (χ1v) is 4.85. The molecule has 1 heterocycles. The Bertz CT molecular complexity index is 364.